The van der Waals surface area contributed by atoms with Gasteiger partial charge in [0.1, 0.15) is 5.75 Å². The molecule has 30 heavy (non-hydrogen) atoms. The van der Waals surface area contributed by atoms with E-state index < -0.39 is 5.91 Å². The van der Waals surface area contributed by atoms with Crippen molar-refractivity contribution in [3.63, 3.8) is 0 Å². The van der Waals surface area contributed by atoms with Crippen molar-refractivity contribution in [2.45, 2.75) is 19.3 Å². The van der Waals surface area contributed by atoms with Gasteiger partial charge in [-0.15, -0.1) is 6.58 Å². The maximum atomic E-state index is 12.1. The number of carbonyl (C=O) groups excluding carboxylic acids is 2. The van der Waals surface area contributed by atoms with Gasteiger partial charge in [0, 0.05) is 18.4 Å². The summed E-state index contributed by atoms with van der Waals surface area (Å²) in [6, 6.07) is 10.3. The van der Waals surface area contributed by atoms with Crippen molar-refractivity contribution in [2.75, 3.05) is 19.5 Å². The molecule has 2 rings (SSSR count). The van der Waals surface area contributed by atoms with E-state index in [0.29, 0.717) is 34.7 Å². The Morgan fingerprint density at radius 2 is 1.80 bits per heavy atom. The van der Waals surface area contributed by atoms with Crippen LogP contribution in [0.5, 0.6) is 17.2 Å². The molecule has 2 amide bonds. The molecule has 0 radical (unpaired) electrons. The number of methoxy groups -OCH3 is 2. The third-order valence-corrected chi connectivity index (χ3v) is 4.12. The van der Waals surface area contributed by atoms with Crippen LogP contribution in [0.15, 0.2) is 54.2 Å². The number of amides is 2. The molecule has 0 aliphatic rings. The number of aromatic hydroxyl groups is 1. The van der Waals surface area contributed by atoms with E-state index in [1.54, 1.807) is 42.5 Å². The first-order chi connectivity index (χ1) is 14.5. The zero-order valence-corrected chi connectivity index (χ0v) is 17.0. The van der Waals surface area contributed by atoms with E-state index in [0.717, 1.165) is 0 Å². The minimum atomic E-state index is -0.404. The maximum absolute atomic E-state index is 12.1. The van der Waals surface area contributed by atoms with Crippen LogP contribution in [-0.2, 0) is 16.0 Å². The lowest BCUT2D eigenvalue weighted by atomic mass is 10.1. The molecule has 0 atom stereocenters. The predicted molar refractivity (Wildman–Crippen MR) is 115 cm³/mol. The van der Waals surface area contributed by atoms with Crippen molar-refractivity contribution in [2.24, 2.45) is 5.10 Å². The molecule has 0 aliphatic heterocycles. The second kappa shape index (κ2) is 11.3. The molecule has 0 fully saturated rings. The summed E-state index contributed by atoms with van der Waals surface area (Å²) in [5.41, 5.74) is 4.19. The molecule has 0 saturated heterocycles. The van der Waals surface area contributed by atoms with Gasteiger partial charge >= 0.3 is 0 Å². The number of rotatable bonds is 10. The quantitative estimate of drug-likeness (QED) is 0.316. The van der Waals surface area contributed by atoms with Gasteiger partial charge in [0.25, 0.3) is 0 Å². The molecule has 8 heteroatoms. The first-order valence-corrected chi connectivity index (χ1v) is 9.24. The minimum Gasteiger partial charge on any atom is -0.504 e. The summed E-state index contributed by atoms with van der Waals surface area (Å²) in [6.07, 6.45) is 3.51. The molecule has 0 heterocycles. The largest absolute Gasteiger partial charge is 0.504 e. The zero-order valence-electron chi connectivity index (χ0n) is 17.0. The smallest absolute Gasteiger partial charge is 0.240 e. The summed E-state index contributed by atoms with van der Waals surface area (Å²) in [7, 11) is 2.96. The highest BCUT2D eigenvalue weighted by atomic mass is 16.5. The van der Waals surface area contributed by atoms with Crippen molar-refractivity contribution >= 4 is 23.7 Å². The first-order valence-electron chi connectivity index (χ1n) is 9.24. The van der Waals surface area contributed by atoms with Gasteiger partial charge in [0.2, 0.25) is 11.8 Å². The highest BCUT2D eigenvalue weighted by molar-refractivity contribution is 5.94. The van der Waals surface area contributed by atoms with E-state index in [1.807, 2.05) is 0 Å². The molecular formula is C22H25N3O5. The van der Waals surface area contributed by atoms with Gasteiger partial charge < -0.3 is 19.9 Å². The maximum Gasteiger partial charge on any atom is 0.240 e. The molecule has 2 aromatic carbocycles. The van der Waals surface area contributed by atoms with E-state index in [1.165, 1.54) is 20.4 Å². The van der Waals surface area contributed by atoms with Gasteiger partial charge in [0.05, 0.1) is 26.1 Å². The van der Waals surface area contributed by atoms with Gasteiger partial charge in [0.15, 0.2) is 11.5 Å². The molecule has 0 aromatic heterocycles. The Bertz CT molecular complexity index is 940. The predicted octanol–water partition coefficient (Wildman–Crippen LogP) is 3.01. The Morgan fingerprint density at radius 1 is 1.10 bits per heavy atom. The van der Waals surface area contributed by atoms with Gasteiger partial charge in [-0.05, 0) is 36.2 Å². The molecule has 0 bridgehead atoms. The van der Waals surface area contributed by atoms with Crippen LogP contribution in [-0.4, -0.2) is 37.4 Å². The second-order valence-corrected chi connectivity index (χ2v) is 6.27. The number of allylic oxidation sites excluding steroid dienone is 1. The van der Waals surface area contributed by atoms with Gasteiger partial charge in [-0.3, -0.25) is 9.59 Å². The van der Waals surface area contributed by atoms with E-state index in [4.69, 9.17) is 9.47 Å². The number of anilines is 1. The summed E-state index contributed by atoms with van der Waals surface area (Å²) < 4.78 is 10.3. The molecule has 158 valence electrons. The van der Waals surface area contributed by atoms with Crippen LogP contribution in [0.3, 0.4) is 0 Å². The SMILES string of the molecule is C=CCc1cc(/C=N/NC(=O)CCC(=O)Nc2ccccc2OC)cc(OC)c1O. The average Bonchev–Trinajstić information content (AvgIpc) is 2.75. The topological polar surface area (TPSA) is 109 Å². The van der Waals surface area contributed by atoms with Crippen LogP contribution in [0.4, 0.5) is 5.69 Å². The second-order valence-electron chi connectivity index (χ2n) is 6.27. The minimum absolute atomic E-state index is 0.00405. The molecule has 0 aliphatic carbocycles. The van der Waals surface area contributed by atoms with Crippen molar-refractivity contribution in [1.29, 1.82) is 0 Å². The third-order valence-electron chi connectivity index (χ3n) is 4.12. The number of nitrogens with one attached hydrogen (secondary N) is 2. The van der Waals surface area contributed by atoms with Crippen molar-refractivity contribution in [3.05, 3.63) is 60.2 Å². The number of hydrogen-bond acceptors (Lipinski definition) is 6. The summed E-state index contributed by atoms with van der Waals surface area (Å²) in [5.74, 6) is 0.171. The van der Waals surface area contributed by atoms with Crippen LogP contribution in [0.1, 0.15) is 24.0 Å². The van der Waals surface area contributed by atoms with E-state index in [-0.39, 0.29) is 24.5 Å². The van der Waals surface area contributed by atoms with Gasteiger partial charge in [-0.2, -0.15) is 5.10 Å². The number of hydrazone groups is 1. The van der Waals surface area contributed by atoms with Crippen LogP contribution in [0, 0.1) is 0 Å². The molecule has 8 nitrogen and oxygen atoms in total. The third kappa shape index (κ3) is 6.37. The van der Waals surface area contributed by atoms with E-state index >= 15 is 0 Å². The highest BCUT2D eigenvalue weighted by Gasteiger charge is 2.10. The molecule has 2 aromatic rings. The van der Waals surface area contributed by atoms with Crippen LogP contribution < -0.4 is 20.2 Å². The van der Waals surface area contributed by atoms with Crippen molar-refractivity contribution < 1.29 is 24.2 Å². The number of para-hydroxylation sites is 2. The Kier molecular flexibility index (Phi) is 8.43. The monoisotopic (exact) mass is 411 g/mol. The van der Waals surface area contributed by atoms with Crippen LogP contribution in [0.25, 0.3) is 0 Å². The van der Waals surface area contributed by atoms with Crippen LogP contribution >= 0.6 is 0 Å². The van der Waals surface area contributed by atoms with Gasteiger partial charge in [-0.25, -0.2) is 5.43 Å². The standard InChI is InChI=1S/C22H25N3O5/c1-4-7-16-12-15(13-19(30-3)22(16)28)14-23-25-21(27)11-10-20(26)24-17-8-5-6-9-18(17)29-2/h4-6,8-9,12-14,28H,1,7,10-11H2,2-3H3,(H,24,26)(H,25,27)/b23-14+. The fourth-order valence-electron chi connectivity index (χ4n) is 2.65. The van der Waals surface area contributed by atoms with Gasteiger partial charge in [-0.1, -0.05) is 18.2 Å². The molecule has 0 unspecified atom stereocenters. The summed E-state index contributed by atoms with van der Waals surface area (Å²) >= 11 is 0. The molecule has 3 N–H and O–H groups in total. The molecular weight excluding hydrogens is 386 g/mol. The van der Waals surface area contributed by atoms with Crippen molar-refractivity contribution in [3.8, 4) is 17.2 Å². The first kappa shape index (κ1) is 22.5. The zero-order chi connectivity index (χ0) is 21.9. The number of carbonyl (C=O) groups is 2. The number of ether oxygens (including phenoxy) is 2. The average molecular weight is 411 g/mol. The lowest BCUT2D eigenvalue weighted by molar-refractivity contribution is -0.124. The normalized spacial score (nSPS) is 10.5. The summed E-state index contributed by atoms with van der Waals surface area (Å²) in [6.45, 7) is 3.66. The van der Waals surface area contributed by atoms with E-state index in [9.17, 15) is 14.7 Å². The van der Waals surface area contributed by atoms with E-state index in [2.05, 4.69) is 22.4 Å². The number of phenolic OH excluding ortho intramolecular Hbond substituents is 1. The highest BCUT2D eigenvalue weighted by Crippen LogP contribution is 2.31. The molecule has 0 saturated carbocycles. The number of phenols is 1. The fraction of sp³-hybridized carbons (Fsp3) is 0.227. The molecule has 0 spiro atoms. The summed E-state index contributed by atoms with van der Waals surface area (Å²) in [5, 5.41) is 16.7. The van der Waals surface area contributed by atoms with Crippen LogP contribution in [0.2, 0.25) is 0 Å². The summed E-state index contributed by atoms with van der Waals surface area (Å²) in [4.78, 5) is 24.0. The lowest BCUT2D eigenvalue weighted by Gasteiger charge is -2.09. The number of hydrogen-bond donors (Lipinski definition) is 3. The Morgan fingerprint density at radius 3 is 2.50 bits per heavy atom. The Hall–Kier alpha value is -3.81. The Labute approximate surface area is 175 Å². The Balaban J connectivity index is 1.88. The number of benzene rings is 2. The number of nitrogens with zero attached hydrogens (tertiary/aromatic N) is 1. The van der Waals surface area contributed by atoms with Crippen molar-refractivity contribution in [1.82, 2.24) is 5.43 Å². The lowest BCUT2D eigenvalue weighted by Crippen LogP contribution is -2.20. The fourth-order valence-corrected chi connectivity index (χ4v) is 2.65.